The van der Waals surface area contributed by atoms with Crippen molar-refractivity contribution in [3.05, 3.63) is 40.4 Å². The topological polar surface area (TPSA) is 60.2 Å². The maximum absolute atomic E-state index is 10.5. The van der Waals surface area contributed by atoms with Gasteiger partial charge in [0, 0.05) is 18.3 Å². The molecule has 0 aliphatic heterocycles. The molecular weight excluding hydrogens is 298 g/mol. The molecule has 0 spiro atoms. The lowest BCUT2D eigenvalue weighted by Crippen LogP contribution is -2.10. The molecule has 0 bridgehead atoms. The van der Waals surface area contributed by atoms with Gasteiger partial charge >= 0.3 is 0 Å². The van der Waals surface area contributed by atoms with Gasteiger partial charge in [-0.1, -0.05) is 0 Å². The highest BCUT2D eigenvalue weighted by molar-refractivity contribution is 9.10. The molecule has 1 atom stereocenters. The second-order valence-corrected chi connectivity index (χ2v) is 4.57. The van der Waals surface area contributed by atoms with Gasteiger partial charge in [0.1, 0.15) is 11.9 Å². The Morgan fingerprint density at radius 2 is 2.28 bits per heavy atom. The van der Waals surface area contributed by atoms with E-state index >= 15 is 0 Å². The van der Waals surface area contributed by atoms with Gasteiger partial charge in [0.2, 0.25) is 0 Å². The molecule has 0 saturated heterocycles. The fourth-order valence-corrected chi connectivity index (χ4v) is 2.34. The molecule has 0 amide bonds. The number of hydrogen-bond donors (Lipinski definition) is 1. The van der Waals surface area contributed by atoms with Crippen LogP contribution in [0.2, 0.25) is 0 Å². The summed E-state index contributed by atoms with van der Waals surface area (Å²) in [5.41, 5.74) is 1.38. The first-order valence-corrected chi connectivity index (χ1v) is 6.35. The Kier molecular flexibility index (Phi) is 3.98. The van der Waals surface area contributed by atoms with Crippen LogP contribution in [-0.2, 0) is 6.54 Å². The molecule has 6 heteroatoms. The summed E-state index contributed by atoms with van der Waals surface area (Å²) in [4.78, 5) is 3.97. The van der Waals surface area contributed by atoms with E-state index in [1.165, 1.54) is 0 Å². The van der Waals surface area contributed by atoms with Crippen molar-refractivity contribution in [2.45, 2.75) is 19.6 Å². The van der Waals surface area contributed by atoms with Crippen LogP contribution in [0, 0.1) is 0 Å². The molecule has 0 aromatic carbocycles. The maximum atomic E-state index is 10.5. The second-order valence-electron chi connectivity index (χ2n) is 3.71. The van der Waals surface area contributed by atoms with Crippen LogP contribution in [0.5, 0.6) is 5.75 Å². The van der Waals surface area contributed by atoms with Crippen molar-refractivity contribution in [2.75, 3.05) is 7.11 Å². The summed E-state index contributed by atoms with van der Waals surface area (Å²) >= 11 is 3.40. The fourth-order valence-electron chi connectivity index (χ4n) is 1.83. The van der Waals surface area contributed by atoms with Crippen LogP contribution in [-0.4, -0.2) is 27.0 Å². The minimum Gasteiger partial charge on any atom is -0.495 e. The average Bonchev–Trinajstić information content (AvgIpc) is 2.79. The van der Waals surface area contributed by atoms with Crippen LogP contribution in [0.4, 0.5) is 0 Å². The van der Waals surface area contributed by atoms with E-state index in [0.29, 0.717) is 23.6 Å². The van der Waals surface area contributed by atoms with Crippen LogP contribution < -0.4 is 4.74 Å². The predicted octanol–water partition coefficient (Wildman–Crippen LogP) is 2.15. The van der Waals surface area contributed by atoms with Gasteiger partial charge in [-0.15, -0.1) is 0 Å². The summed E-state index contributed by atoms with van der Waals surface area (Å²) in [6, 6.07) is 1.74. The van der Waals surface area contributed by atoms with Gasteiger partial charge in [0.25, 0.3) is 0 Å². The Morgan fingerprint density at radius 1 is 1.50 bits per heavy atom. The molecule has 1 unspecified atom stereocenters. The molecule has 0 aliphatic rings. The van der Waals surface area contributed by atoms with Crippen molar-refractivity contribution in [1.82, 2.24) is 14.8 Å². The highest BCUT2D eigenvalue weighted by Gasteiger charge is 2.22. The molecule has 5 nitrogen and oxygen atoms in total. The van der Waals surface area contributed by atoms with E-state index in [1.54, 1.807) is 36.4 Å². The quantitative estimate of drug-likeness (QED) is 0.940. The van der Waals surface area contributed by atoms with E-state index in [0.717, 1.165) is 4.47 Å². The summed E-state index contributed by atoms with van der Waals surface area (Å²) in [5.74, 6) is 0.556. The zero-order chi connectivity index (χ0) is 13.1. The van der Waals surface area contributed by atoms with Crippen molar-refractivity contribution in [3.8, 4) is 5.75 Å². The Hall–Kier alpha value is -1.40. The van der Waals surface area contributed by atoms with Gasteiger partial charge in [0.05, 0.1) is 29.7 Å². The molecule has 96 valence electrons. The molecule has 2 rings (SSSR count). The third-order valence-electron chi connectivity index (χ3n) is 2.72. The molecule has 0 saturated carbocycles. The van der Waals surface area contributed by atoms with E-state index < -0.39 is 6.10 Å². The summed E-state index contributed by atoms with van der Waals surface area (Å²) in [7, 11) is 1.55. The number of halogens is 1. The van der Waals surface area contributed by atoms with E-state index in [9.17, 15) is 5.11 Å². The lowest BCUT2D eigenvalue weighted by Gasteiger charge is -2.16. The molecular formula is C12H14BrN3O2. The molecule has 18 heavy (non-hydrogen) atoms. The van der Waals surface area contributed by atoms with Crippen molar-refractivity contribution in [2.24, 2.45) is 0 Å². The van der Waals surface area contributed by atoms with E-state index in [-0.39, 0.29) is 0 Å². The van der Waals surface area contributed by atoms with Gasteiger partial charge in [-0.05, 0) is 28.9 Å². The smallest absolute Gasteiger partial charge is 0.143 e. The summed E-state index contributed by atoms with van der Waals surface area (Å²) in [6.07, 6.45) is 4.08. The number of methoxy groups -OCH3 is 1. The molecule has 2 heterocycles. The molecule has 1 N–H and O–H groups in total. The summed E-state index contributed by atoms with van der Waals surface area (Å²) < 4.78 is 7.73. The zero-order valence-electron chi connectivity index (χ0n) is 10.2. The van der Waals surface area contributed by atoms with E-state index in [1.807, 2.05) is 6.92 Å². The lowest BCUT2D eigenvalue weighted by atomic mass is 10.1. The van der Waals surface area contributed by atoms with Crippen LogP contribution in [0.3, 0.4) is 0 Å². The molecule has 2 aromatic rings. The zero-order valence-corrected chi connectivity index (χ0v) is 11.8. The first-order valence-electron chi connectivity index (χ1n) is 5.56. The highest BCUT2D eigenvalue weighted by atomic mass is 79.9. The Bertz CT molecular complexity index is 542. The maximum Gasteiger partial charge on any atom is 0.143 e. The summed E-state index contributed by atoms with van der Waals surface area (Å²) in [6.45, 7) is 2.66. The highest BCUT2D eigenvalue weighted by Crippen LogP contribution is 2.32. The molecule has 0 radical (unpaired) electrons. The molecule has 0 aliphatic carbocycles. The van der Waals surface area contributed by atoms with Gasteiger partial charge in [0.15, 0.2) is 0 Å². The SMILES string of the molecule is CCn1ncc(Br)c1C(O)c1ccncc1OC. The Morgan fingerprint density at radius 3 is 2.94 bits per heavy atom. The fraction of sp³-hybridized carbons (Fsp3) is 0.333. The summed E-state index contributed by atoms with van der Waals surface area (Å²) in [5, 5.41) is 14.7. The van der Waals surface area contributed by atoms with Gasteiger partial charge in [-0.2, -0.15) is 5.10 Å². The Balaban J connectivity index is 2.47. The molecule has 2 aromatic heterocycles. The molecule has 0 fully saturated rings. The number of nitrogens with zero attached hydrogens (tertiary/aromatic N) is 3. The standard InChI is InChI=1S/C12H14BrN3O2/c1-3-16-11(9(13)6-15-16)12(17)8-4-5-14-7-10(8)18-2/h4-7,12,17H,3H2,1-2H3. The average molecular weight is 312 g/mol. The number of aryl methyl sites for hydroxylation is 1. The van der Waals surface area contributed by atoms with Crippen LogP contribution >= 0.6 is 15.9 Å². The second kappa shape index (κ2) is 5.49. The first kappa shape index (κ1) is 13.0. The monoisotopic (exact) mass is 311 g/mol. The van der Waals surface area contributed by atoms with Crippen molar-refractivity contribution < 1.29 is 9.84 Å². The van der Waals surface area contributed by atoms with Crippen molar-refractivity contribution in [1.29, 1.82) is 0 Å². The number of pyridine rings is 1. The minimum atomic E-state index is -0.806. The third kappa shape index (κ3) is 2.26. The number of ether oxygens (including phenoxy) is 1. The number of aliphatic hydroxyl groups is 1. The normalized spacial score (nSPS) is 12.4. The lowest BCUT2D eigenvalue weighted by molar-refractivity contribution is 0.202. The number of aliphatic hydroxyl groups excluding tert-OH is 1. The number of hydrogen-bond acceptors (Lipinski definition) is 4. The first-order chi connectivity index (χ1) is 8.69. The van der Waals surface area contributed by atoms with Gasteiger partial charge < -0.3 is 9.84 Å². The number of rotatable bonds is 4. The van der Waals surface area contributed by atoms with E-state index in [2.05, 4.69) is 26.0 Å². The predicted molar refractivity (Wildman–Crippen MR) is 70.5 cm³/mol. The van der Waals surface area contributed by atoms with Gasteiger partial charge in [-0.25, -0.2) is 0 Å². The third-order valence-corrected chi connectivity index (χ3v) is 3.33. The largest absolute Gasteiger partial charge is 0.495 e. The minimum absolute atomic E-state index is 0.556. The Labute approximate surface area is 114 Å². The van der Waals surface area contributed by atoms with Crippen LogP contribution in [0.1, 0.15) is 24.3 Å². The van der Waals surface area contributed by atoms with Crippen molar-refractivity contribution in [3.63, 3.8) is 0 Å². The van der Waals surface area contributed by atoms with Gasteiger partial charge in [-0.3, -0.25) is 9.67 Å². The van der Waals surface area contributed by atoms with Crippen LogP contribution in [0.25, 0.3) is 0 Å². The van der Waals surface area contributed by atoms with Crippen LogP contribution in [0.15, 0.2) is 29.1 Å². The van der Waals surface area contributed by atoms with E-state index in [4.69, 9.17) is 4.74 Å². The number of aromatic nitrogens is 3. The van der Waals surface area contributed by atoms with Crippen molar-refractivity contribution >= 4 is 15.9 Å².